The van der Waals surface area contributed by atoms with E-state index in [-0.39, 0.29) is 18.0 Å². The molecule has 1 aliphatic heterocycles. The number of carbonyl (C=O) groups is 2. The van der Waals surface area contributed by atoms with Crippen molar-refractivity contribution < 1.29 is 19.1 Å². The maximum absolute atomic E-state index is 12.9. The number of methoxy groups -OCH3 is 1. The van der Waals surface area contributed by atoms with E-state index >= 15 is 0 Å². The van der Waals surface area contributed by atoms with Crippen LogP contribution in [-0.4, -0.2) is 50.3 Å². The second kappa shape index (κ2) is 9.17. The SMILES string of the molecule is COc1ccc(C(NC(=O)Nc2ccccc2C(=O)N2CCOCC2)C2CC2)cc1. The Labute approximate surface area is 176 Å². The number of benzene rings is 2. The molecule has 158 valence electrons. The molecule has 4 rings (SSSR count). The molecule has 2 aliphatic rings. The Morgan fingerprint density at radius 3 is 2.43 bits per heavy atom. The van der Waals surface area contributed by atoms with Gasteiger partial charge in [-0.25, -0.2) is 4.79 Å². The van der Waals surface area contributed by atoms with E-state index < -0.39 is 0 Å². The van der Waals surface area contributed by atoms with Gasteiger partial charge in [0.1, 0.15) is 5.75 Å². The zero-order valence-electron chi connectivity index (χ0n) is 17.1. The van der Waals surface area contributed by atoms with Gasteiger partial charge in [0.05, 0.1) is 37.6 Å². The first-order valence-corrected chi connectivity index (χ1v) is 10.3. The van der Waals surface area contributed by atoms with Crippen LogP contribution in [0.15, 0.2) is 48.5 Å². The third kappa shape index (κ3) is 4.74. The monoisotopic (exact) mass is 409 g/mol. The maximum Gasteiger partial charge on any atom is 0.319 e. The third-order valence-corrected chi connectivity index (χ3v) is 5.56. The van der Waals surface area contributed by atoms with Gasteiger partial charge in [-0.2, -0.15) is 0 Å². The van der Waals surface area contributed by atoms with Crippen LogP contribution >= 0.6 is 0 Å². The average molecular weight is 409 g/mol. The molecule has 1 saturated carbocycles. The van der Waals surface area contributed by atoms with Gasteiger partial charge >= 0.3 is 6.03 Å². The fourth-order valence-corrected chi connectivity index (χ4v) is 3.73. The van der Waals surface area contributed by atoms with Crippen LogP contribution in [-0.2, 0) is 4.74 Å². The minimum Gasteiger partial charge on any atom is -0.497 e. The van der Waals surface area contributed by atoms with E-state index in [2.05, 4.69) is 10.6 Å². The Balaban J connectivity index is 1.46. The quantitative estimate of drug-likeness (QED) is 0.766. The summed E-state index contributed by atoms with van der Waals surface area (Å²) in [5.74, 6) is 1.12. The van der Waals surface area contributed by atoms with Gasteiger partial charge in [-0.15, -0.1) is 0 Å². The number of amides is 3. The molecule has 0 radical (unpaired) electrons. The Morgan fingerprint density at radius 2 is 1.77 bits per heavy atom. The van der Waals surface area contributed by atoms with Crippen molar-refractivity contribution in [1.29, 1.82) is 0 Å². The zero-order valence-corrected chi connectivity index (χ0v) is 17.1. The van der Waals surface area contributed by atoms with Crippen molar-refractivity contribution in [3.8, 4) is 5.75 Å². The van der Waals surface area contributed by atoms with Crippen LogP contribution in [0.4, 0.5) is 10.5 Å². The highest BCUT2D eigenvalue weighted by molar-refractivity contribution is 6.03. The van der Waals surface area contributed by atoms with Crippen molar-refractivity contribution in [2.24, 2.45) is 5.92 Å². The molecule has 2 N–H and O–H groups in total. The minimum absolute atomic E-state index is 0.0713. The number of para-hydroxylation sites is 1. The first-order valence-electron chi connectivity index (χ1n) is 10.3. The van der Waals surface area contributed by atoms with E-state index in [0.717, 1.165) is 24.2 Å². The summed E-state index contributed by atoms with van der Waals surface area (Å²) in [7, 11) is 1.63. The van der Waals surface area contributed by atoms with Crippen molar-refractivity contribution in [2.45, 2.75) is 18.9 Å². The fourth-order valence-electron chi connectivity index (χ4n) is 3.73. The molecule has 0 aromatic heterocycles. The number of nitrogens with one attached hydrogen (secondary N) is 2. The fraction of sp³-hybridized carbons (Fsp3) is 0.391. The number of ether oxygens (including phenoxy) is 2. The van der Waals surface area contributed by atoms with Crippen molar-refractivity contribution in [2.75, 3.05) is 38.7 Å². The predicted molar refractivity (Wildman–Crippen MR) is 114 cm³/mol. The van der Waals surface area contributed by atoms with E-state index in [9.17, 15) is 9.59 Å². The van der Waals surface area contributed by atoms with Gasteiger partial charge in [0.25, 0.3) is 5.91 Å². The van der Waals surface area contributed by atoms with Gasteiger partial charge < -0.3 is 25.0 Å². The minimum atomic E-state index is -0.315. The lowest BCUT2D eigenvalue weighted by Gasteiger charge is -2.27. The Hall–Kier alpha value is -3.06. The van der Waals surface area contributed by atoms with Crippen LogP contribution in [0.25, 0.3) is 0 Å². The molecule has 2 fully saturated rings. The first kappa shape index (κ1) is 20.2. The van der Waals surface area contributed by atoms with Crippen LogP contribution in [0.1, 0.15) is 34.8 Å². The molecule has 1 atom stereocenters. The molecule has 2 aromatic rings. The molecular weight excluding hydrogens is 382 g/mol. The van der Waals surface area contributed by atoms with E-state index in [1.54, 1.807) is 30.2 Å². The number of hydrogen-bond donors (Lipinski definition) is 2. The van der Waals surface area contributed by atoms with Crippen LogP contribution in [0.5, 0.6) is 5.75 Å². The number of hydrogen-bond acceptors (Lipinski definition) is 4. The van der Waals surface area contributed by atoms with Gasteiger partial charge in [-0.3, -0.25) is 4.79 Å². The lowest BCUT2D eigenvalue weighted by atomic mass is 10.0. The smallest absolute Gasteiger partial charge is 0.319 e. The largest absolute Gasteiger partial charge is 0.497 e. The second-order valence-electron chi connectivity index (χ2n) is 7.64. The highest BCUT2D eigenvalue weighted by Gasteiger charge is 2.33. The summed E-state index contributed by atoms with van der Waals surface area (Å²) < 4.78 is 10.6. The van der Waals surface area contributed by atoms with E-state index in [1.807, 2.05) is 30.3 Å². The van der Waals surface area contributed by atoms with Crippen LogP contribution in [0.2, 0.25) is 0 Å². The summed E-state index contributed by atoms with van der Waals surface area (Å²) in [5.41, 5.74) is 2.05. The van der Waals surface area contributed by atoms with Crippen LogP contribution in [0.3, 0.4) is 0 Å². The molecule has 1 unspecified atom stereocenters. The van der Waals surface area contributed by atoms with Crippen LogP contribution < -0.4 is 15.4 Å². The maximum atomic E-state index is 12.9. The first-order chi connectivity index (χ1) is 14.7. The van der Waals surface area contributed by atoms with Gasteiger partial charge in [0, 0.05) is 13.1 Å². The summed E-state index contributed by atoms with van der Waals surface area (Å²) in [5, 5.41) is 5.97. The molecule has 7 heteroatoms. The second-order valence-corrected chi connectivity index (χ2v) is 7.64. The summed E-state index contributed by atoms with van der Waals surface area (Å²) >= 11 is 0. The topological polar surface area (TPSA) is 79.9 Å². The van der Waals surface area contributed by atoms with E-state index in [0.29, 0.717) is 43.5 Å². The molecule has 2 aromatic carbocycles. The van der Waals surface area contributed by atoms with Crippen molar-refractivity contribution in [3.63, 3.8) is 0 Å². The number of nitrogens with zero attached hydrogens (tertiary/aromatic N) is 1. The normalized spacial score (nSPS) is 17.2. The number of rotatable bonds is 6. The van der Waals surface area contributed by atoms with E-state index in [1.165, 1.54) is 0 Å². The summed E-state index contributed by atoms with van der Waals surface area (Å²) in [6, 6.07) is 14.5. The van der Waals surface area contributed by atoms with Gasteiger partial charge in [-0.1, -0.05) is 24.3 Å². The lowest BCUT2D eigenvalue weighted by molar-refractivity contribution is 0.0303. The van der Waals surface area contributed by atoms with Gasteiger partial charge in [0.2, 0.25) is 0 Å². The molecule has 30 heavy (non-hydrogen) atoms. The number of anilines is 1. The molecule has 0 bridgehead atoms. The molecular formula is C23H27N3O4. The standard InChI is InChI=1S/C23H27N3O4/c1-29-18-10-8-17(9-11-18)21(16-6-7-16)25-23(28)24-20-5-3-2-4-19(20)22(27)26-12-14-30-15-13-26/h2-5,8-11,16,21H,6-7,12-15H2,1H3,(H2,24,25,28). The van der Waals surface area contributed by atoms with Crippen molar-refractivity contribution >= 4 is 17.6 Å². The third-order valence-electron chi connectivity index (χ3n) is 5.56. The number of morpholine rings is 1. The molecule has 1 aliphatic carbocycles. The number of urea groups is 1. The summed E-state index contributed by atoms with van der Waals surface area (Å²) in [4.78, 5) is 27.5. The molecule has 1 heterocycles. The van der Waals surface area contributed by atoms with Crippen molar-refractivity contribution in [1.82, 2.24) is 10.2 Å². The van der Waals surface area contributed by atoms with Crippen LogP contribution in [0, 0.1) is 5.92 Å². The van der Waals surface area contributed by atoms with Gasteiger partial charge in [-0.05, 0) is 48.6 Å². The van der Waals surface area contributed by atoms with Crippen molar-refractivity contribution in [3.05, 3.63) is 59.7 Å². The highest BCUT2D eigenvalue weighted by Crippen LogP contribution is 2.41. The summed E-state index contributed by atoms with van der Waals surface area (Å²) in [6.07, 6.45) is 2.17. The molecule has 7 nitrogen and oxygen atoms in total. The Bertz CT molecular complexity index is 890. The highest BCUT2D eigenvalue weighted by atomic mass is 16.5. The molecule has 3 amide bonds. The van der Waals surface area contributed by atoms with E-state index in [4.69, 9.17) is 9.47 Å². The Kier molecular flexibility index (Phi) is 6.18. The zero-order chi connectivity index (χ0) is 20.9. The lowest BCUT2D eigenvalue weighted by Crippen LogP contribution is -2.41. The Morgan fingerprint density at radius 1 is 1.07 bits per heavy atom. The molecule has 0 spiro atoms. The number of carbonyl (C=O) groups excluding carboxylic acids is 2. The average Bonchev–Trinajstić information content (AvgIpc) is 3.63. The predicted octanol–water partition coefficient (Wildman–Crippen LogP) is 3.44. The molecule has 1 saturated heterocycles. The van der Waals surface area contributed by atoms with Gasteiger partial charge in [0.15, 0.2) is 0 Å². The summed E-state index contributed by atoms with van der Waals surface area (Å²) in [6.45, 7) is 2.18.